The van der Waals surface area contributed by atoms with Crippen molar-refractivity contribution in [3.63, 3.8) is 0 Å². The van der Waals surface area contributed by atoms with E-state index in [0.29, 0.717) is 12.2 Å². The van der Waals surface area contributed by atoms with Crippen LogP contribution in [0.2, 0.25) is 0 Å². The maximum absolute atomic E-state index is 13.7. The van der Waals surface area contributed by atoms with E-state index in [-0.39, 0.29) is 23.9 Å². The monoisotopic (exact) mass is 361 g/mol. The minimum absolute atomic E-state index is 0.215. The highest BCUT2D eigenvalue weighted by Crippen LogP contribution is 2.36. The second-order valence-electron chi connectivity index (χ2n) is 7.01. The van der Waals surface area contributed by atoms with Crippen molar-refractivity contribution in [2.45, 2.75) is 44.5 Å². The number of nitrogens with one attached hydrogen (secondary N) is 1. The number of hydrogen-bond acceptors (Lipinski definition) is 4. The van der Waals surface area contributed by atoms with E-state index >= 15 is 0 Å². The molecule has 0 fully saturated rings. The summed E-state index contributed by atoms with van der Waals surface area (Å²) in [5.41, 5.74) is 0.581. The second-order valence-corrected chi connectivity index (χ2v) is 7.01. The van der Waals surface area contributed by atoms with Crippen LogP contribution in [0.1, 0.15) is 25.8 Å². The summed E-state index contributed by atoms with van der Waals surface area (Å²) in [6, 6.07) is 5.37. The third kappa shape index (κ3) is 3.54. The number of halogens is 1. The summed E-state index contributed by atoms with van der Waals surface area (Å²) in [5.74, 6) is 1.51. The summed E-state index contributed by atoms with van der Waals surface area (Å²) in [6.45, 7) is 3.83. The molecule has 0 saturated carbocycles. The fraction of sp³-hybridized carbons (Fsp3) is 0.450. The van der Waals surface area contributed by atoms with E-state index < -0.39 is 11.8 Å². The Balaban J connectivity index is 1.80. The quantitative estimate of drug-likeness (QED) is 0.895. The van der Waals surface area contributed by atoms with E-state index in [1.54, 1.807) is 13.2 Å². The Kier molecular flexibility index (Phi) is 4.94. The Morgan fingerprint density at radius 2 is 2.08 bits per heavy atom. The van der Waals surface area contributed by atoms with Crippen molar-refractivity contribution in [3.05, 3.63) is 47.2 Å². The lowest BCUT2D eigenvalue weighted by Gasteiger charge is -2.40. The SMILES string of the molecule is COC1=CCC(F)C=C1C(=O)NC1Cc2ccc(OC)cc2OC1(C)C. The summed E-state index contributed by atoms with van der Waals surface area (Å²) in [5, 5.41) is 2.98. The molecule has 0 spiro atoms. The van der Waals surface area contributed by atoms with E-state index in [0.717, 1.165) is 17.1 Å². The van der Waals surface area contributed by atoms with Crippen molar-refractivity contribution in [2.75, 3.05) is 14.2 Å². The van der Waals surface area contributed by atoms with Crippen molar-refractivity contribution in [2.24, 2.45) is 0 Å². The van der Waals surface area contributed by atoms with Crippen molar-refractivity contribution in [3.8, 4) is 11.5 Å². The third-order valence-electron chi connectivity index (χ3n) is 4.82. The fourth-order valence-electron chi connectivity index (χ4n) is 3.25. The lowest BCUT2D eigenvalue weighted by atomic mass is 9.88. The standard InChI is InChI=1S/C20H24FNO4/c1-20(2)18(9-12-5-7-14(24-3)11-17(12)26-20)22-19(23)15-10-13(21)6-8-16(15)25-4/h5,7-8,10-11,13,18H,6,9H2,1-4H3,(H,22,23). The molecule has 3 rings (SSSR count). The number of alkyl halides is 1. The first kappa shape index (κ1) is 18.3. The number of fused-ring (bicyclic) bond motifs is 1. The van der Waals surface area contributed by atoms with Crippen LogP contribution in [0.5, 0.6) is 11.5 Å². The largest absolute Gasteiger partial charge is 0.497 e. The summed E-state index contributed by atoms with van der Waals surface area (Å²) in [4.78, 5) is 12.7. The van der Waals surface area contributed by atoms with Gasteiger partial charge < -0.3 is 19.5 Å². The number of carbonyl (C=O) groups is 1. The van der Waals surface area contributed by atoms with Gasteiger partial charge in [-0.2, -0.15) is 0 Å². The molecule has 2 unspecified atom stereocenters. The summed E-state index contributed by atoms with van der Waals surface area (Å²) >= 11 is 0. The molecule has 2 aliphatic rings. The van der Waals surface area contributed by atoms with Crippen LogP contribution in [0.4, 0.5) is 4.39 Å². The molecule has 1 aromatic rings. The summed E-state index contributed by atoms with van der Waals surface area (Å²) in [6.07, 6.45) is 2.55. The van der Waals surface area contributed by atoms with Crippen molar-refractivity contribution < 1.29 is 23.4 Å². The van der Waals surface area contributed by atoms with Gasteiger partial charge in [0.25, 0.3) is 5.91 Å². The molecule has 140 valence electrons. The van der Waals surface area contributed by atoms with E-state index in [1.807, 2.05) is 32.0 Å². The Morgan fingerprint density at radius 3 is 2.77 bits per heavy atom. The molecule has 2 atom stereocenters. The zero-order valence-corrected chi connectivity index (χ0v) is 15.5. The minimum Gasteiger partial charge on any atom is -0.497 e. The van der Waals surface area contributed by atoms with Crippen LogP contribution in [0.3, 0.4) is 0 Å². The van der Waals surface area contributed by atoms with E-state index in [2.05, 4.69) is 5.32 Å². The molecule has 1 aromatic carbocycles. The molecule has 0 aromatic heterocycles. The van der Waals surface area contributed by atoms with Crippen LogP contribution < -0.4 is 14.8 Å². The molecule has 1 aliphatic carbocycles. The highest BCUT2D eigenvalue weighted by atomic mass is 19.1. The average molecular weight is 361 g/mol. The van der Waals surface area contributed by atoms with Crippen molar-refractivity contribution in [1.82, 2.24) is 5.32 Å². The average Bonchev–Trinajstić information content (AvgIpc) is 2.61. The topological polar surface area (TPSA) is 56.8 Å². The lowest BCUT2D eigenvalue weighted by Crippen LogP contribution is -2.56. The first-order valence-corrected chi connectivity index (χ1v) is 8.61. The molecule has 1 heterocycles. The molecule has 5 nitrogen and oxygen atoms in total. The maximum atomic E-state index is 13.7. The molecule has 1 N–H and O–H groups in total. The van der Waals surface area contributed by atoms with Gasteiger partial charge in [0.2, 0.25) is 0 Å². The number of rotatable bonds is 4. The molecule has 6 heteroatoms. The van der Waals surface area contributed by atoms with Gasteiger partial charge in [-0.15, -0.1) is 0 Å². The van der Waals surface area contributed by atoms with Gasteiger partial charge in [0, 0.05) is 18.9 Å². The summed E-state index contributed by atoms with van der Waals surface area (Å²) < 4.78 is 30.3. The predicted octanol–water partition coefficient (Wildman–Crippen LogP) is 3.09. The smallest absolute Gasteiger partial charge is 0.255 e. The highest BCUT2D eigenvalue weighted by Gasteiger charge is 2.39. The normalized spacial score (nSPS) is 23.7. The number of ether oxygens (including phenoxy) is 3. The number of carbonyl (C=O) groups excluding carboxylic acids is 1. The molecule has 1 aliphatic heterocycles. The van der Waals surface area contributed by atoms with Crippen LogP contribution in [0.25, 0.3) is 0 Å². The second kappa shape index (κ2) is 7.02. The van der Waals surface area contributed by atoms with Crippen LogP contribution in [-0.2, 0) is 16.0 Å². The Bertz CT molecular complexity index is 769. The van der Waals surface area contributed by atoms with Gasteiger partial charge in [0.05, 0.1) is 25.8 Å². The van der Waals surface area contributed by atoms with Crippen LogP contribution in [0, 0.1) is 0 Å². The lowest BCUT2D eigenvalue weighted by molar-refractivity contribution is -0.120. The highest BCUT2D eigenvalue weighted by molar-refractivity contribution is 5.97. The van der Waals surface area contributed by atoms with Gasteiger partial charge in [0.1, 0.15) is 29.0 Å². The number of amides is 1. The third-order valence-corrected chi connectivity index (χ3v) is 4.82. The number of hydrogen-bond donors (Lipinski definition) is 1. The van der Waals surface area contributed by atoms with Gasteiger partial charge in [-0.3, -0.25) is 4.79 Å². The Hall–Kier alpha value is -2.50. The first-order valence-electron chi connectivity index (χ1n) is 8.61. The molecule has 1 amide bonds. The fourth-order valence-corrected chi connectivity index (χ4v) is 3.25. The van der Waals surface area contributed by atoms with Gasteiger partial charge >= 0.3 is 0 Å². The zero-order chi connectivity index (χ0) is 18.9. The number of methoxy groups -OCH3 is 2. The number of benzene rings is 1. The Labute approximate surface area is 152 Å². The molecular weight excluding hydrogens is 337 g/mol. The molecule has 0 bridgehead atoms. The zero-order valence-electron chi connectivity index (χ0n) is 15.5. The van der Waals surface area contributed by atoms with Gasteiger partial charge in [-0.1, -0.05) is 6.07 Å². The van der Waals surface area contributed by atoms with E-state index in [4.69, 9.17) is 14.2 Å². The molecular formula is C20H24FNO4. The van der Waals surface area contributed by atoms with E-state index in [1.165, 1.54) is 13.2 Å². The first-order chi connectivity index (χ1) is 12.3. The Morgan fingerprint density at radius 1 is 1.31 bits per heavy atom. The molecule has 0 saturated heterocycles. The number of allylic oxidation sites excluding steroid dienone is 2. The summed E-state index contributed by atoms with van der Waals surface area (Å²) in [7, 11) is 3.08. The van der Waals surface area contributed by atoms with Gasteiger partial charge in [-0.25, -0.2) is 4.39 Å². The molecule has 0 radical (unpaired) electrons. The van der Waals surface area contributed by atoms with Crippen LogP contribution in [0.15, 0.2) is 41.7 Å². The van der Waals surface area contributed by atoms with Crippen molar-refractivity contribution >= 4 is 5.91 Å². The maximum Gasteiger partial charge on any atom is 0.255 e. The predicted molar refractivity (Wildman–Crippen MR) is 96.0 cm³/mol. The van der Waals surface area contributed by atoms with Gasteiger partial charge in [0.15, 0.2) is 0 Å². The van der Waals surface area contributed by atoms with Crippen molar-refractivity contribution in [1.29, 1.82) is 0 Å². The van der Waals surface area contributed by atoms with E-state index in [9.17, 15) is 9.18 Å². The van der Waals surface area contributed by atoms with Gasteiger partial charge in [-0.05, 0) is 37.6 Å². The minimum atomic E-state index is -1.18. The van der Waals surface area contributed by atoms with Crippen LogP contribution >= 0.6 is 0 Å². The van der Waals surface area contributed by atoms with Crippen LogP contribution in [-0.4, -0.2) is 37.9 Å². The molecule has 26 heavy (non-hydrogen) atoms.